The molecule has 1 amide bonds. The average molecular weight is 392 g/mol. The second-order valence-electron chi connectivity index (χ2n) is 6.83. The number of amides is 1. The smallest absolute Gasteiger partial charge is 0.229 e. The fourth-order valence-corrected chi connectivity index (χ4v) is 4.64. The normalized spacial score (nSPS) is 22.3. The summed E-state index contributed by atoms with van der Waals surface area (Å²) in [5, 5.41) is 6.97. The van der Waals surface area contributed by atoms with E-state index in [-0.39, 0.29) is 5.91 Å². The number of thiazole rings is 1. The van der Waals surface area contributed by atoms with Crippen LogP contribution in [-0.2, 0) is 17.8 Å². The second kappa shape index (κ2) is 7.94. The molecule has 2 saturated heterocycles. The van der Waals surface area contributed by atoms with Gasteiger partial charge in [0.25, 0.3) is 0 Å². The highest BCUT2D eigenvalue weighted by molar-refractivity contribution is 7.09. The van der Waals surface area contributed by atoms with Crippen LogP contribution in [0.5, 0.6) is 5.75 Å². The summed E-state index contributed by atoms with van der Waals surface area (Å²) in [7, 11) is 0. The predicted octanol–water partition coefficient (Wildman–Crippen LogP) is 3.27. The number of aromatic nitrogens is 1. The van der Waals surface area contributed by atoms with E-state index in [4.69, 9.17) is 16.3 Å². The first-order chi connectivity index (χ1) is 12.7. The summed E-state index contributed by atoms with van der Waals surface area (Å²) in [5.74, 6) is 0.965. The molecule has 2 aliphatic rings. The maximum absolute atomic E-state index is 12.8. The van der Waals surface area contributed by atoms with E-state index >= 15 is 0 Å². The van der Waals surface area contributed by atoms with Crippen molar-refractivity contribution in [3.63, 3.8) is 0 Å². The molecule has 0 saturated carbocycles. The maximum Gasteiger partial charge on any atom is 0.229 e. The third-order valence-electron chi connectivity index (χ3n) is 5.05. The van der Waals surface area contributed by atoms with E-state index in [0.717, 1.165) is 48.8 Å². The molecule has 1 aromatic carbocycles. The topological polar surface area (TPSA) is 54.5 Å². The van der Waals surface area contributed by atoms with Gasteiger partial charge in [-0.1, -0.05) is 11.6 Å². The lowest BCUT2D eigenvalue weighted by atomic mass is 10.1. The first kappa shape index (κ1) is 17.8. The predicted molar refractivity (Wildman–Crippen MR) is 103 cm³/mol. The summed E-state index contributed by atoms with van der Waals surface area (Å²) in [6.45, 7) is 2.33. The van der Waals surface area contributed by atoms with Gasteiger partial charge in [-0.05, 0) is 50.1 Å². The molecule has 2 aromatic rings. The molecule has 2 bridgehead atoms. The lowest BCUT2D eigenvalue weighted by molar-refractivity contribution is -0.133. The van der Waals surface area contributed by atoms with E-state index in [1.165, 1.54) is 11.3 Å². The first-order valence-corrected chi connectivity index (χ1v) is 10.3. The zero-order valence-corrected chi connectivity index (χ0v) is 16.1. The Kier molecular flexibility index (Phi) is 5.43. The SMILES string of the molecule is O=C(Cc1csc(COc2ccc(Cl)cc2)n1)N1C2CCNCC1CC2. The van der Waals surface area contributed by atoms with E-state index < -0.39 is 0 Å². The van der Waals surface area contributed by atoms with Gasteiger partial charge in [-0.3, -0.25) is 4.79 Å². The minimum atomic E-state index is 0.205. The Morgan fingerprint density at radius 3 is 2.92 bits per heavy atom. The van der Waals surface area contributed by atoms with Crippen LogP contribution in [0.1, 0.15) is 30.0 Å². The Bertz CT molecular complexity index is 750. The van der Waals surface area contributed by atoms with Crippen molar-refractivity contribution in [2.45, 2.75) is 44.4 Å². The van der Waals surface area contributed by atoms with Crippen molar-refractivity contribution in [3.05, 3.63) is 45.4 Å². The number of benzene rings is 1. The van der Waals surface area contributed by atoms with Crippen molar-refractivity contribution in [2.24, 2.45) is 0 Å². The number of rotatable bonds is 5. The van der Waals surface area contributed by atoms with Crippen LogP contribution in [0.3, 0.4) is 0 Å². The number of fused-ring (bicyclic) bond motifs is 2. The number of nitrogens with zero attached hydrogens (tertiary/aromatic N) is 2. The van der Waals surface area contributed by atoms with E-state index in [9.17, 15) is 4.79 Å². The molecular weight excluding hydrogens is 370 g/mol. The van der Waals surface area contributed by atoms with Crippen molar-refractivity contribution in [2.75, 3.05) is 13.1 Å². The van der Waals surface area contributed by atoms with Gasteiger partial charge in [-0.15, -0.1) is 11.3 Å². The zero-order chi connectivity index (χ0) is 17.9. The van der Waals surface area contributed by atoms with Crippen LogP contribution in [0, 0.1) is 0 Å². The average Bonchev–Trinajstić information content (AvgIpc) is 3.17. The minimum Gasteiger partial charge on any atom is -0.486 e. The van der Waals surface area contributed by atoms with Crippen LogP contribution in [0.15, 0.2) is 29.6 Å². The molecule has 5 nitrogen and oxygen atoms in total. The molecule has 7 heteroatoms. The highest BCUT2D eigenvalue weighted by atomic mass is 35.5. The summed E-state index contributed by atoms with van der Waals surface area (Å²) < 4.78 is 5.73. The largest absolute Gasteiger partial charge is 0.486 e. The van der Waals surface area contributed by atoms with Gasteiger partial charge in [-0.2, -0.15) is 0 Å². The van der Waals surface area contributed by atoms with E-state index in [0.29, 0.717) is 30.1 Å². The van der Waals surface area contributed by atoms with Crippen molar-refractivity contribution in [1.82, 2.24) is 15.2 Å². The number of halogens is 1. The molecule has 1 aromatic heterocycles. The van der Waals surface area contributed by atoms with Crippen molar-refractivity contribution < 1.29 is 9.53 Å². The Morgan fingerprint density at radius 2 is 2.08 bits per heavy atom. The van der Waals surface area contributed by atoms with Gasteiger partial charge in [-0.25, -0.2) is 4.98 Å². The summed E-state index contributed by atoms with van der Waals surface area (Å²) in [4.78, 5) is 19.5. The first-order valence-electron chi connectivity index (χ1n) is 9.02. The van der Waals surface area contributed by atoms with E-state index in [2.05, 4.69) is 15.2 Å². The molecule has 1 N–H and O–H groups in total. The Balaban J connectivity index is 1.34. The Morgan fingerprint density at radius 1 is 1.27 bits per heavy atom. The molecule has 0 radical (unpaired) electrons. The lowest BCUT2D eigenvalue weighted by Crippen LogP contribution is -2.43. The molecule has 138 valence electrons. The van der Waals surface area contributed by atoms with Crippen LogP contribution in [-0.4, -0.2) is 41.0 Å². The van der Waals surface area contributed by atoms with Crippen molar-refractivity contribution in [3.8, 4) is 5.75 Å². The minimum absolute atomic E-state index is 0.205. The highest BCUT2D eigenvalue weighted by Crippen LogP contribution is 2.28. The van der Waals surface area contributed by atoms with Crippen LogP contribution in [0.2, 0.25) is 5.02 Å². The van der Waals surface area contributed by atoms with Gasteiger partial charge in [0.2, 0.25) is 5.91 Å². The van der Waals surface area contributed by atoms with Gasteiger partial charge < -0.3 is 15.0 Å². The molecule has 4 rings (SSSR count). The Hall–Kier alpha value is -1.63. The van der Waals surface area contributed by atoms with Crippen LogP contribution in [0.4, 0.5) is 0 Å². The summed E-state index contributed by atoms with van der Waals surface area (Å²) in [6, 6.07) is 8.02. The summed E-state index contributed by atoms with van der Waals surface area (Å²) in [6.07, 6.45) is 3.68. The molecule has 2 fully saturated rings. The Labute approximate surface area is 162 Å². The fraction of sp³-hybridized carbons (Fsp3) is 0.474. The third-order valence-corrected chi connectivity index (χ3v) is 6.17. The summed E-state index contributed by atoms with van der Waals surface area (Å²) >= 11 is 7.41. The number of nitrogens with one attached hydrogen (secondary N) is 1. The lowest BCUT2D eigenvalue weighted by Gasteiger charge is -2.27. The molecule has 3 heterocycles. The van der Waals surface area contributed by atoms with Crippen LogP contribution >= 0.6 is 22.9 Å². The highest BCUT2D eigenvalue weighted by Gasteiger charge is 2.37. The molecular formula is C19H22ClN3O2S. The quantitative estimate of drug-likeness (QED) is 0.849. The van der Waals surface area contributed by atoms with E-state index in [1.807, 2.05) is 17.5 Å². The van der Waals surface area contributed by atoms with Gasteiger partial charge in [0.15, 0.2) is 0 Å². The van der Waals surface area contributed by atoms with Gasteiger partial charge >= 0.3 is 0 Å². The number of ether oxygens (including phenoxy) is 1. The number of carbonyl (C=O) groups is 1. The molecule has 26 heavy (non-hydrogen) atoms. The molecule has 2 aliphatic heterocycles. The molecule has 0 aliphatic carbocycles. The standard InChI is InChI=1S/C19H22ClN3O2S/c20-13-1-5-17(6-2-13)25-11-18-22-14(12-26-18)9-19(24)23-15-3-4-16(23)10-21-8-7-15/h1-2,5-6,12,15-16,21H,3-4,7-11H2. The molecule has 0 spiro atoms. The number of hydrogen-bond donors (Lipinski definition) is 1. The van der Waals surface area contributed by atoms with E-state index in [1.54, 1.807) is 12.1 Å². The fourth-order valence-electron chi connectivity index (χ4n) is 3.81. The van der Waals surface area contributed by atoms with Crippen molar-refractivity contribution >= 4 is 28.8 Å². The third kappa shape index (κ3) is 4.03. The zero-order valence-electron chi connectivity index (χ0n) is 14.5. The van der Waals surface area contributed by atoms with Gasteiger partial charge in [0.05, 0.1) is 12.1 Å². The molecule has 2 unspecified atom stereocenters. The monoisotopic (exact) mass is 391 g/mol. The van der Waals surface area contributed by atoms with Crippen LogP contribution in [0.25, 0.3) is 0 Å². The molecule has 2 atom stereocenters. The number of carbonyl (C=O) groups excluding carboxylic acids is 1. The van der Waals surface area contributed by atoms with Gasteiger partial charge in [0.1, 0.15) is 17.4 Å². The van der Waals surface area contributed by atoms with Crippen molar-refractivity contribution in [1.29, 1.82) is 0 Å². The van der Waals surface area contributed by atoms with Gasteiger partial charge in [0, 0.05) is 29.0 Å². The second-order valence-corrected chi connectivity index (χ2v) is 8.21. The van der Waals surface area contributed by atoms with Crippen LogP contribution < -0.4 is 10.1 Å². The number of hydrogen-bond acceptors (Lipinski definition) is 5. The maximum atomic E-state index is 12.8. The summed E-state index contributed by atoms with van der Waals surface area (Å²) in [5.41, 5.74) is 0.839.